The lowest BCUT2D eigenvalue weighted by molar-refractivity contribution is 0.212. The van der Waals surface area contributed by atoms with Crippen molar-refractivity contribution >= 4 is 28.2 Å². The first-order valence-electron chi connectivity index (χ1n) is 12.5. The van der Waals surface area contributed by atoms with Crippen molar-refractivity contribution in [2.24, 2.45) is 0 Å². The number of unbranched alkanes of at least 4 members (excludes halogenated alkanes) is 2. The van der Waals surface area contributed by atoms with Crippen LogP contribution in [0.2, 0.25) is 0 Å². The molecule has 1 atom stereocenters. The van der Waals surface area contributed by atoms with E-state index >= 15 is 0 Å². The number of rotatable bonds is 12. The third kappa shape index (κ3) is 6.48. The molecule has 1 aromatic heterocycles. The Hall–Kier alpha value is -2.64. The highest BCUT2D eigenvalue weighted by Crippen LogP contribution is 2.32. The van der Waals surface area contributed by atoms with Crippen molar-refractivity contribution < 1.29 is 5.11 Å². The van der Waals surface area contributed by atoms with Crippen molar-refractivity contribution in [1.82, 2.24) is 19.8 Å². The van der Waals surface area contributed by atoms with E-state index in [0.717, 1.165) is 55.4 Å². The Morgan fingerprint density at radius 1 is 1.21 bits per heavy atom. The fraction of sp³-hybridized carbons (Fsp3) is 0.556. The van der Waals surface area contributed by atoms with Crippen molar-refractivity contribution in [3.05, 3.63) is 41.6 Å². The molecule has 0 spiro atoms. The lowest BCUT2D eigenvalue weighted by Crippen LogP contribution is -2.39. The number of likely N-dealkylation sites (N-methyl/N-ethyl adjacent to an activating group) is 2. The maximum absolute atomic E-state index is 10.0. The minimum atomic E-state index is -0.460. The summed E-state index contributed by atoms with van der Waals surface area (Å²) in [5, 5.41) is 14.4. The van der Waals surface area contributed by atoms with Crippen LogP contribution in [-0.4, -0.2) is 70.7 Å². The van der Waals surface area contributed by atoms with E-state index in [1.807, 2.05) is 6.92 Å². The predicted octanol–water partition coefficient (Wildman–Crippen LogP) is 4.51. The van der Waals surface area contributed by atoms with E-state index in [0.29, 0.717) is 5.82 Å². The molecule has 0 aliphatic carbocycles. The van der Waals surface area contributed by atoms with Crippen LogP contribution in [-0.2, 0) is 0 Å². The summed E-state index contributed by atoms with van der Waals surface area (Å²) in [6.45, 7) is 9.29. The summed E-state index contributed by atoms with van der Waals surface area (Å²) in [6.07, 6.45) is 9.89. The molecule has 1 aromatic carbocycles. The molecule has 0 saturated carbocycles. The number of hydrogen-bond donors (Lipinski definition) is 3. The summed E-state index contributed by atoms with van der Waals surface area (Å²) < 4.78 is 0. The second-order valence-electron chi connectivity index (χ2n) is 9.91. The van der Waals surface area contributed by atoms with E-state index in [9.17, 15) is 5.11 Å². The number of nitrogen functional groups attached to an aromatic ring is 1. The maximum Gasteiger partial charge on any atom is 0.222 e. The number of aromatic nitrogens is 2. The number of nitrogens with zero attached hydrogens (tertiary/aromatic N) is 4. The number of anilines is 2. The van der Waals surface area contributed by atoms with Crippen LogP contribution in [0.25, 0.3) is 16.5 Å². The van der Waals surface area contributed by atoms with Gasteiger partial charge in [0.05, 0.1) is 17.7 Å². The SMILES string of the molecule is CCCCN(C)CC1=CN(C)CC=C1c1ccc2c(N[C@@](C)(CO)CCCC)nc(N)nc2c1. The van der Waals surface area contributed by atoms with E-state index in [2.05, 4.69) is 83.5 Å². The first-order valence-corrected chi connectivity index (χ1v) is 12.5. The van der Waals surface area contributed by atoms with Crippen molar-refractivity contribution in [1.29, 1.82) is 0 Å². The number of aliphatic hydroxyl groups is 1. The molecule has 4 N–H and O–H groups in total. The summed E-state index contributed by atoms with van der Waals surface area (Å²) in [7, 11) is 4.30. The molecule has 0 unspecified atom stereocenters. The third-order valence-electron chi connectivity index (χ3n) is 6.52. The third-order valence-corrected chi connectivity index (χ3v) is 6.52. The van der Waals surface area contributed by atoms with E-state index in [1.54, 1.807) is 0 Å². The maximum atomic E-state index is 10.0. The molecule has 1 aliphatic heterocycles. The second-order valence-corrected chi connectivity index (χ2v) is 9.91. The van der Waals surface area contributed by atoms with Crippen LogP contribution in [0.4, 0.5) is 11.8 Å². The topological polar surface area (TPSA) is 90.5 Å². The molecule has 1 aliphatic rings. The molecule has 0 fully saturated rings. The minimum absolute atomic E-state index is 0.0244. The Labute approximate surface area is 204 Å². The monoisotopic (exact) mass is 466 g/mol. The van der Waals surface area contributed by atoms with Gasteiger partial charge in [0.1, 0.15) is 5.82 Å². The molecule has 7 nitrogen and oxygen atoms in total. The molecule has 3 rings (SSSR count). The molecule has 34 heavy (non-hydrogen) atoms. The minimum Gasteiger partial charge on any atom is -0.394 e. The van der Waals surface area contributed by atoms with Crippen molar-refractivity contribution in [3.63, 3.8) is 0 Å². The van der Waals surface area contributed by atoms with Crippen molar-refractivity contribution in [2.45, 2.75) is 58.4 Å². The standard InChI is InChI=1S/C27H42N6O/c1-6-8-13-27(3,19-34)31-25-23-11-10-20(16-24(23)29-26(28)30-25)22-12-15-33(5)18-21(22)17-32(4)14-9-7-2/h10-12,16,18,34H,6-9,13-15,17,19H2,1-5H3,(H3,28,29,30,31)/t27-/m1/s1. The van der Waals surface area contributed by atoms with E-state index in [4.69, 9.17) is 5.73 Å². The molecule has 0 radical (unpaired) electrons. The molecule has 186 valence electrons. The molecular weight excluding hydrogens is 424 g/mol. The summed E-state index contributed by atoms with van der Waals surface area (Å²) in [4.78, 5) is 13.6. The highest BCUT2D eigenvalue weighted by atomic mass is 16.3. The molecule has 2 aromatic rings. The molecular formula is C27H42N6O. The lowest BCUT2D eigenvalue weighted by Gasteiger charge is -2.30. The van der Waals surface area contributed by atoms with Crippen LogP contribution >= 0.6 is 0 Å². The van der Waals surface area contributed by atoms with Crippen LogP contribution in [0.1, 0.15) is 58.4 Å². The van der Waals surface area contributed by atoms with Crippen LogP contribution in [0, 0.1) is 0 Å². The van der Waals surface area contributed by atoms with Gasteiger partial charge in [0, 0.05) is 31.7 Å². The predicted molar refractivity (Wildman–Crippen MR) is 144 cm³/mol. The van der Waals surface area contributed by atoms with Crippen LogP contribution < -0.4 is 11.1 Å². The zero-order valence-corrected chi connectivity index (χ0v) is 21.6. The van der Waals surface area contributed by atoms with Gasteiger partial charge in [-0.1, -0.05) is 45.3 Å². The molecule has 0 saturated heterocycles. The smallest absolute Gasteiger partial charge is 0.222 e. The number of nitrogens with one attached hydrogen (secondary N) is 1. The molecule has 0 amide bonds. The fourth-order valence-corrected chi connectivity index (χ4v) is 4.43. The van der Waals surface area contributed by atoms with Gasteiger partial charge in [-0.3, -0.25) is 0 Å². The van der Waals surface area contributed by atoms with Crippen LogP contribution in [0.3, 0.4) is 0 Å². The van der Waals surface area contributed by atoms with Gasteiger partial charge in [-0.25, -0.2) is 4.98 Å². The quantitative estimate of drug-likeness (QED) is 0.424. The van der Waals surface area contributed by atoms with Gasteiger partial charge in [0.15, 0.2) is 0 Å². The van der Waals surface area contributed by atoms with Gasteiger partial charge in [0.25, 0.3) is 0 Å². The van der Waals surface area contributed by atoms with E-state index in [1.165, 1.54) is 24.0 Å². The first-order chi connectivity index (χ1) is 16.3. The largest absolute Gasteiger partial charge is 0.394 e. The average molecular weight is 467 g/mol. The Kier molecular flexibility index (Phi) is 8.91. The molecule has 2 heterocycles. The van der Waals surface area contributed by atoms with Gasteiger partial charge in [0.2, 0.25) is 5.95 Å². The summed E-state index contributed by atoms with van der Waals surface area (Å²) in [6, 6.07) is 6.33. The zero-order chi connectivity index (χ0) is 24.7. The van der Waals surface area contributed by atoms with Crippen molar-refractivity contribution in [2.75, 3.05) is 51.4 Å². The Bertz CT molecular complexity index is 1030. The lowest BCUT2D eigenvalue weighted by atomic mass is 9.94. The van der Waals surface area contributed by atoms with Gasteiger partial charge in [-0.15, -0.1) is 0 Å². The Morgan fingerprint density at radius 2 is 1.97 bits per heavy atom. The molecule has 7 heteroatoms. The van der Waals surface area contributed by atoms with Gasteiger partial charge >= 0.3 is 0 Å². The Morgan fingerprint density at radius 3 is 2.68 bits per heavy atom. The van der Waals surface area contributed by atoms with E-state index in [-0.39, 0.29) is 12.6 Å². The number of fused-ring (bicyclic) bond motifs is 1. The number of nitrogens with two attached hydrogens (primary N) is 1. The highest BCUT2D eigenvalue weighted by molar-refractivity contribution is 5.94. The fourth-order valence-electron chi connectivity index (χ4n) is 4.43. The summed E-state index contributed by atoms with van der Waals surface area (Å²) >= 11 is 0. The van der Waals surface area contributed by atoms with Crippen LogP contribution in [0.5, 0.6) is 0 Å². The van der Waals surface area contributed by atoms with Crippen LogP contribution in [0.15, 0.2) is 36.0 Å². The van der Waals surface area contributed by atoms with Gasteiger partial charge in [-0.2, -0.15) is 4.98 Å². The Balaban J connectivity index is 1.93. The highest BCUT2D eigenvalue weighted by Gasteiger charge is 2.24. The second kappa shape index (κ2) is 11.7. The number of benzene rings is 1. The molecule has 0 bridgehead atoms. The first kappa shape index (κ1) is 26.0. The zero-order valence-electron chi connectivity index (χ0n) is 21.6. The summed E-state index contributed by atoms with van der Waals surface area (Å²) in [5.74, 6) is 0.907. The van der Waals surface area contributed by atoms with Gasteiger partial charge in [-0.05, 0) is 62.2 Å². The number of hydrogen-bond acceptors (Lipinski definition) is 7. The van der Waals surface area contributed by atoms with Gasteiger partial charge < -0.3 is 26.0 Å². The van der Waals surface area contributed by atoms with E-state index < -0.39 is 5.54 Å². The van der Waals surface area contributed by atoms with Crippen molar-refractivity contribution in [3.8, 4) is 0 Å². The average Bonchev–Trinajstić information content (AvgIpc) is 2.81. The summed E-state index contributed by atoms with van der Waals surface area (Å²) in [5.41, 5.74) is 10.1. The normalized spacial score (nSPS) is 15.9. The number of aliphatic hydroxyl groups excluding tert-OH is 1.